The number of rotatable bonds is 3. The van der Waals surface area contributed by atoms with Crippen LogP contribution < -0.4 is 0 Å². The molecule has 1 aromatic heterocycles. The first-order valence-electron chi connectivity index (χ1n) is 6.58. The van der Waals surface area contributed by atoms with Crippen molar-refractivity contribution in [2.24, 2.45) is 0 Å². The molecule has 0 radical (unpaired) electrons. The number of benzene rings is 2. The molecule has 0 fully saturated rings. The Kier molecular flexibility index (Phi) is 4.43. The van der Waals surface area contributed by atoms with Crippen LogP contribution in [0.25, 0.3) is 11.3 Å². The zero-order chi connectivity index (χ0) is 14.8. The van der Waals surface area contributed by atoms with Crippen LogP contribution in [0.15, 0.2) is 53.0 Å². The SMILES string of the molecule is Cc1sc(Cc2ccc(Cl)cc2)nc1-c1ccc(Br)cc1. The first-order chi connectivity index (χ1) is 10.1. The summed E-state index contributed by atoms with van der Waals surface area (Å²) in [6.07, 6.45) is 0.846. The van der Waals surface area contributed by atoms with E-state index in [1.807, 2.05) is 24.3 Å². The smallest absolute Gasteiger partial charge is 0.0979 e. The molecular formula is C17H13BrClNS. The first-order valence-corrected chi connectivity index (χ1v) is 8.57. The number of halogens is 2. The lowest BCUT2D eigenvalue weighted by atomic mass is 10.1. The minimum Gasteiger partial charge on any atom is -0.241 e. The molecule has 3 rings (SSSR count). The van der Waals surface area contributed by atoms with Crippen LogP contribution in [-0.4, -0.2) is 4.98 Å². The minimum absolute atomic E-state index is 0.768. The molecule has 21 heavy (non-hydrogen) atoms. The fourth-order valence-electron chi connectivity index (χ4n) is 2.18. The van der Waals surface area contributed by atoms with Gasteiger partial charge >= 0.3 is 0 Å². The van der Waals surface area contributed by atoms with Gasteiger partial charge in [-0.3, -0.25) is 0 Å². The highest BCUT2D eigenvalue weighted by molar-refractivity contribution is 9.10. The van der Waals surface area contributed by atoms with Crippen molar-refractivity contribution >= 4 is 38.9 Å². The quantitative estimate of drug-likeness (QED) is 0.534. The van der Waals surface area contributed by atoms with E-state index >= 15 is 0 Å². The second-order valence-corrected chi connectivity index (χ2v) is 7.46. The summed E-state index contributed by atoms with van der Waals surface area (Å²) >= 11 is 11.1. The Morgan fingerprint density at radius 2 is 1.71 bits per heavy atom. The van der Waals surface area contributed by atoms with E-state index < -0.39 is 0 Å². The molecule has 1 nitrogen and oxygen atoms in total. The highest BCUT2D eigenvalue weighted by Crippen LogP contribution is 2.29. The molecule has 106 valence electrons. The Balaban J connectivity index is 1.87. The Morgan fingerprint density at radius 1 is 1.05 bits per heavy atom. The van der Waals surface area contributed by atoms with Crippen molar-refractivity contribution in [1.82, 2.24) is 4.98 Å². The zero-order valence-corrected chi connectivity index (χ0v) is 14.6. The Morgan fingerprint density at radius 3 is 2.38 bits per heavy atom. The number of hydrogen-bond acceptors (Lipinski definition) is 2. The maximum absolute atomic E-state index is 5.92. The van der Waals surface area contributed by atoms with Crippen LogP contribution in [0.2, 0.25) is 5.02 Å². The second kappa shape index (κ2) is 6.30. The van der Waals surface area contributed by atoms with Crippen LogP contribution in [0.4, 0.5) is 0 Å². The largest absolute Gasteiger partial charge is 0.241 e. The second-order valence-electron chi connectivity index (χ2n) is 4.82. The first kappa shape index (κ1) is 14.8. The fraction of sp³-hybridized carbons (Fsp3) is 0.118. The predicted octanol–water partition coefficient (Wildman–Crippen LogP) is 6.13. The normalized spacial score (nSPS) is 10.8. The maximum Gasteiger partial charge on any atom is 0.0979 e. The van der Waals surface area contributed by atoms with Crippen molar-refractivity contribution in [3.8, 4) is 11.3 Å². The number of aromatic nitrogens is 1. The number of thiazole rings is 1. The van der Waals surface area contributed by atoms with Crippen molar-refractivity contribution < 1.29 is 0 Å². The average molecular weight is 379 g/mol. The summed E-state index contributed by atoms with van der Waals surface area (Å²) in [5.74, 6) is 0. The highest BCUT2D eigenvalue weighted by Gasteiger charge is 2.10. The van der Waals surface area contributed by atoms with E-state index in [4.69, 9.17) is 16.6 Å². The van der Waals surface area contributed by atoms with E-state index in [9.17, 15) is 0 Å². The minimum atomic E-state index is 0.768. The van der Waals surface area contributed by atoms with Crippen LogP contribution in [0.5, 0.6) is 0 Å². The van der Waals surface area contributed by atoms with Gasteiger partial charge in [-0.25, -0.2) is 4.98 Å². The standard InChI is InChI=1S/C17H13BrClNS/c1-11-17(13-4-6-14(18)7-5-13)20-16(21-11)10-12-2-8-15(19)9-3-12/h2-9H,10H2,1H3. The summed E-state index contributed by atoms with van der Waals surface area (Å²) in [7, 11) is 0. The zero-order valence-electron chi connectivity index (χ0n) is 11.4. The molecule has 4 heteroatoms. The molecule has 0 aliphatic carbocycles. The van der Waals surface area contributed by atoms with Crippen molar-refractivity contribution in [2.45, 2.75) is 13.3 Å². The van der Waals surface area contributed by atoms with E-state index in [0.717, 1.165) is 32.2 Å². The molecule has 0 atom stereocenters. The molecule has 1 heterocycles. The fourth-order valence-corrected chi connectivity index (χ4v) is 3.56. The van der Waals surface area contributed by atoms with Gasteiger partial charge in [-0.15, -0.1) is 11.3 Å². The molecule has 0 saturated carbocycles. The molecule has 0 bridgehead atoms. The van der Waals surface area contributed by atoms with Gasteiger partial charge in [0.05, 0.1) is 10.7 Å². The molecular weight excluding hydrogens is 366 g/mol. The van der Waals surface area contributed by atoms with Crippen LogP contribution in [0, 0.1) is 6.92 Å². The third-order valence-electron chi connectivity index (χ3n) is 3.23. The molecule has 0 amide bonds. The summed E-state index contributed by atoms with van der Waals surface area (Å²) < 4.78 is 1.08. The van der Waals surface area contributed by atoms with Gasteiger partial charge in [-0.1, -0.05) is 51.8 Å². The van der Waals surface area contributed by atoms with Crippen molar-refractivity contribution in [3.05, 3.63) is 73.5 Å². The number of nitrogens with zero attached hydrogens (tertiary/aromatic N) is 1. The summed E-state index contributed by atoms with van der Waals surface area (Å²) in [5.41, 5.74) is 3.47. The summed E-state index contributed by atoms with van der Waals surface area (Å²) in [6, 6.07) is 16.2. The van der Waals surface area contributed by atoms with Gasteiger partial charge in [-0.2, -0.15) is 0 Å². The number of hydrogen-bond donors (Lipinski definition) is 0. The number of aryl methyl sites for hydroxylation is 1. The predicted molar refractivity (Wildman–Crippen MR) is 94.2 cm³/mol. The molecule has 2 aromatic carbocycles. The van der Waals surface area contributed by atoms with E-state index in [1.165, 1.54) is 10.4 Å². The van der Waals surface area contributed by atoms with Crippen LogP contribution >= 0.6 is 38.9 Å². The van der Waals surface area contributed by atoms with Gasteiger partial charge in [0.1, 0.15) is 0 Å². The molecule has 0 saturated heterocycles. The third kappa shape index (κ3) is 3.54. The van der Waals surface area contributed by atoms with Crippen LogP contribution in [0.3, 0.4) is 0 Å². The third-order valence-corrected chi connectivity index (χ3v) is 4.98. The van der Waals surface area contributed by atoms with Gasteiger partial charge in [0.15, 0.2) is 0 Å². The van der Waals surface area contributed by atoms with Gasteiger partial charge in [0, 0.05) is 26.4 Å². The van der Waals surface area contributed by atoms with E-state index in [1.54, 1.807) is 11.3 Å². The van der Waals surface area contributed by atoms with Gasteiger partial charge in [0.25, 0.3) is 0 Å². The molecule has 0 spiro atoms. The lowest BCUT2D eigenvalue weighted by Gasteiger charge is -1.99. The summed E-state index contributed by atoms with van der Waals surface area (Å²) in [4.78, 5) is 6.05. The lowest BCUT2D eigenvalue weighted by molar-refractivity contribution is 1.14. The van der Waals surface area contributed by atoms with Crippen LogP contribution in [-0.2, 0) is 6.42 Å². The monoisotopic (exact) mass is 377 g/mol. The van der Waals surface area contributed by atoms with Gasteiger partial charge in [0.2, 0.25) is 0 Å². The Bertz CT molecular complexity index is 747. The van der Waals surface area contributed by atoms with E-state index in [-0.39, 0.29) is 0 Å². The summed E-state index contributed by atoms with van der Waals surface area (Å²) in [5, 5.41) is 1.90. The van der Waals surface area contributed by atoms with Gasteiger partial charge < -0.3 is 0 Å². The topological polar surface area (TPSA) is 12.9 Å². The Hall–Kier alpha value is -1.16. The average Bonchev–Trinajstić information content (AvgIpc) is 2.83. The molecule has 3 aromatic rings. The molecule has 0 aliphatic heterocycles. The van der Waals surface area contributed by atoms with Gasteiger partial charge in [-0.05, 0) is 36.8 Å². The van der Waals surface area contributed by atoms with Crippen molar-refractivity contribution in [3.63, 3.8) is 0 Å². The lowest BCUT2D eigenvalue weighted by Crippen LogP contribution is -1.87. The van der Waals surface area contributed by atoms with Crippen molar-refractivity contribution in [2.75, 3.05) is 0 Å². The molecule has 0 aliphatic rings. The van der Waals surface area contributed by atoms with Crippen LogP contribution in [0.1, 0.15) is 15.4 Å². The maximum atomic E-state index is 5.92. The molecule has 0 unspecified atom stereocenters. The molecule has 0 N–H and O–H groups in total. The van der Waals surface area contributed by atoms with Crippen molar-refractivity contribution in [1.29, 1.82) is 0 Å². The van der Waals surface area contributed by atoms with E-state index in [2.05, 4.69) is 47.1 Å². The Labute approximate surface area is 141 Å². The van der Waals surface area contributed by atoms with E-state index in [0.29, 0.717) is 0 Å². The highest BCUT2D eigenvalue weighted by atomic mass is 79.9. The summed E-state index contributed by atoms with van der Waals surface area (Å²) in [6.45, 7) is 2.13.